The van der Waals surface area contributed by atoms with Gasteiger partial charge in [-0.05, 0) is 61.5 Å². The van der Waals surface area contributed by atoms with Crippen molar-refractivity contribution in [3.8, 4) is 22.9 Å². The average molecular weight is 475 g/mol. The van der Waals surface area contributed by atoms with Crippen LogP contribution in [0.3, 0.4) is 0 Å². The number of furan rings is 1. The van der Waals surface area contributed by atoms with E-state index in [0.29, 0.717) is 35.0 Å². The molecule has 4 rings (SSSR count). The summed E-state index contributed by atoms with van der Waals surface area (Å²) in [6.45, 7) is 2.57. The highest BCUT2D eigenvalue weighted by Crippen LogP contribution is 2.31. The quantitative estimate of drug-likeness (QED) is 0.458. The molecule has 11 heteroatoms. The molecule has 0 amide bonds. The van der Waals surface area contributed by atoms with Crippen molar-refractivity contribution in [3.05, 3.63) is 54.6 Å². The predicted octanol–water partition coefficient (Wildman–Crippen LogP) is 2.88. The summed E-state index contributed by atoms with van der Waals surface area (Å²) >= 11 is 0. The monoisotopic (exact) mass is 474 g/mol. The van der Waals surface area contributed by atoms with E-state index in [1.165, 1.54) is 26.2 Å². The molecule has 0 bridgehead atoms. The van der Waals surface area contributed by atoms with Crippen molar-refractivity contribution < 1.29 is 21.3 Å². The Kier molecular flexibility index (Phi) is 5.45. The van der Waals surface area contributed by atoms with Crippen LogP contribution in [0.15, 0.2) is 68.8 Å². The zero-order valence-corrected chi connectivity index (χ0v) is 19.3. The van der Waals surface area contributed by atoms with Crippen LogP contribution in [0.25, 0.3) is 33.9 Å². The molecule has 4 aromatic rings. The highest BCUT2D eigenvalue weighted by atomic mass is 32.2. The maximum atomic E-state index is 12.5. The van der Waals surface area contributed by atoms with Gasteiger partial charge in [0.05, 0.1) is 20.8 Å². The summed E-state index contributed by atoms with van der Waals surface area (Å²) < 4.78 is 57.0. The summed E-state index contributed by atoms with van der Waals surface area (Å²) in [6, 6.07) is 14.5. The number of hydrogen-bond acceptors (Lipinski definition) is 6. The predicted molar refractivity (Wildman–Crippen MR) is 121 cm³/mol. The van der Waals surface area contributed by atoms with Crippen LogP contribution >= 0.6 is 0 Å². The van der Waals surface area contributed by atoms with E-state index in [2.05, 4.69) is 4.98 Å². The first-order chi connectivity index (χ1) is 15.0. The van der Waals surface area contributed by atoms with Crippen LogP contribution in [0.4, 0.5) is 0 Å². The molecular formula is C21H22N4O5S2. The van der Waals surface area contributed by atoms with Gasteiger partial charge < -0.3 is 8.98 Å². The normalized spacial score (nSPS) is 12.7. The second kappa shape index (κ2) is 7.85. The van der Waals surface area contributed by atoms with Gasteiger partial charge in [-0.25, -0.2) is 31.3 Å². The van der Waals surface area contributed by atoms with Gasteiger partial charge in [0.1, 0.15) is 5.76 Å². The molecule has 0 saturated heterocycles. The SMILES string of the molecule is CCn1c(-c2ccc(-c3ccc(S(N)(=O)=O)cc3)o2)nc2cc(S(=O)(=O)N(C)C)ccc21. The zero-order valence-electron chi connectivity index (χ0n) is 17.7. The van der Waals surface area contributed by atoms with Gasteiger partial charge in [-0.2, -0.15) is 0 Å². The van der Waals surface area contributed by atoms with Crippen molar-refractivity contribution in [1.82, 2.24) is 13.9 Å². The second-order valence-electron chi connectivity index (χ2n) is 7.35. The Balaban J connectivity index is 1.76. The first-order valence-electron chi connectivity index (χ1n) is 9.68. The highest BCUT2D eigenvalue weighted by Gasteiger charge is 2.21. The Labute approximate surface area is 186 Å². The van der Waals surface area contributed by atoms with Crippen molar-refractivity contribution in [1.29, 1.82) is 0 Å². The Morgan fingerprint density at radius 3 is 2.16 bits per heavy atom. The Bertz CT molecular complexity index is 1520. The zero-order chi connectivity index (χ0) is 23.3. The number of imidazole rings is 1. The summed E-state index contributed by atoms with van der Waals surface area (Å²) in [7, 11) is -4.39. The summed E-state index contributed by atoms with van der Waals surface area (Å²) in [6.07, 6.45) is 0. The Morgan fingerprint density at radius 2 is 1.56 bits per heavy atom. The summed E-state index contributed by atoms with van der Waals surface area (Å²) in [5.41, 5.74) is 2.01. The minimum absolute atomic E-state index is 0.0179. The van der Waals surface area contributed by atoms with Crippen LogP contribution in [0.1, 0.15) is 6.92 Å². The third-order valence-electron chi connectivity index (χ3n) is 5.11. The van der Waals surface area contributed by atoms with Crippen LogP contribution in [-0.2, 0) is 26.6 Å². The lowest BCUT2D eigenvalue weighted by Crippen LogP contribution is -2.22. The molecule has 9 nitrogen and oxygen atoms in total. The maximum absolute atomic E-state index is 12.5. The second-order valence-corrected chi connectivity index (χ2v) is 11.1. The molecule has 0 saturated carbocycles. The smallest absolute Gasteiger partial charge is 0.242 e. The van der Waals surface area contributed by atoms with Crippen molar-refractivity contribution in [3.63, 3.8) is 0 Å². The topological polar surface area (TPSA) is 128 Å². The molecule has 0 radical (unpaired) electrons. The average Bonchev–Trinajstić information content (AvgIpc) is 3.37. The Hall–Kier alpha value is -2.99. The maximum Gasteiger partial charge on any atom is 0.242 e. The van der Waals surface area contributed by atoms with E-state index in [4.69, 9.17) is 9.56 Å². The largest absolute Gasteiger partial charge is 0.453 e. The minimum atomic E-state index is -3.77. The van der Waals surface area contributed by atoms with Crippen molar-refractivity contribution in [2.45, 2.75) is 23.3 Å². The molecular weight excluding hydrogens is 452 g/mol. The lowest BCUT2D eigenvalue weighted by Gasteiger charge is -2.11. The van der Waals surface area contributed by atoms with Gasteiger partial charge >= 0.3 is 0 Å². The number of fused-ring (bicyclic) bond motifs is 1. The van der Waals surface area contributed by atoms with Gasteiger partial charge in [0.15, 0.2) is 11.6 Å². The van der Waals surface area contributed by atoms with E-state index >= 15 is 0 Å². The van der Waals surface area contributed by atoms with Crippen molar-refractivity contribution in [2.24, 2.45) is 5.14 Å². The first-order valence-corrected chi connectivity index (χ1v) is 12.7. The van der Waals surface area contributed by atoms with E-state index in [1.54, 1.807) is 42.5 Å². The standard InChI is InChI=1S/C21H22N4O5S2/c1-4-25-18-10-9-16(32(28,29)24(2)3)13-17(18)23-21(25)20-12-11-19(30-20)14-5-7-15(8-6-14)31(22,26)27/h5-13H,4H2,1-3H3,(H2,22,26,27). The van der Waals surface area contributed by atoms with Crippen molar-refractivity contribution >= 4 is 31.1 Å². The van der Waals surface area contributed by atoms with Crippen LogP contribution in [0, 0.1) is 0 Å². The van der Waals surface area contributed by atoms with Gasteiger partial charge in [-0.15, -0.1) is 0 Å². The van der Waals surface area contributed by atoms with Crippen LogP contribution in [0.2, 0.25) is 0 Å². The molecule has 0 atom stereocenters. The molecule has 2 aromatic carbocycles. The van der Waals surface area contributed by atoms with Crippen LogP contribution in [-0.4, -0.2) is 44.8 Å². The molecule has 0 unspecified atom stereocenters. The molecule has 0 aliphatic heterocycles. The molecule has 0 spiro atoms. The molecule has 0 aliphatic carbocycles. The van der Waals surface area contributed by atoms with Gasteiger partial charge in [-0.3, -0.25) is 0 Å². The molecule has 168 valence electrons. The fourth-order valence-corrected chi connectivity index (χ4v) is 4.85. The van der Waals surface area contributed by atoms with Gasteiger partial charge in [0.25, 0.3) is 0 Å². The number of rotatable bonds is 6. The number of sulfonamides is 2. The van der Waals surface area contributed by atoms with Crippen LogP contribution in [0.5, 0.6) is 0 Å². The Morgan fingerprint density at radius 1 is 0.938 bits per heavy atom. The summed E-state index contributed by atoms with van der Waals surface area (Å²) in [5.74, 6) is 1.60. The molecule has 32 heavy (non-hydrogen) atoms. The highest BCUT2D eigenvalue weighted by molar-refractivity contribution is 7.89. The van der Waals surface area contributed by atoms with Crippen molar-refractivity contribution in [2.75, 3.05) is 14.1 Å². The van der Waals surface area contributed by atoms with E-state index in [9.17, 15) is 16.8 Å². The molecule has 2 N–H and O–H groups in total. The summed E-state index contributed by atoms with van der Waals surface area (Å²) in [5, 5.41) is 5.15. The van der Waals surface area contributed by atoms with Gasteiger partial charge in [-0.1, -0.05) is 0 Å². The number of aromatic nitrogens is 2. The van der Waals surface area contributed by atoms with E-state index in [1.807, 2.05) is 11.5 Å². The fraction of sp³-hybridized carbons (Fsp3) is 0.190. The van der Waals surface area contributed by atoms with E-state index < -0.39 is 20.0 Å². The first kappa shape index (κ1) is 22.2. The molecule has 2 aromatic heterocycles. The molecule has 0 aliphatic rings. The van der Waals surface area contributed by atoms with E-state index in [0.717, 1.165) is 9.82 Å². The molecule has 0 fully saturated rings. The number of benzene rings is 2. The third-order valence-corrected chi connectivity index (χ3v) is 7.85. The van der Waals surface area contributed by atoms with E-state index in [-0.39, 0.29) is 9.79 Å². The lowest BCUT2D eigenvalue weighted by molar-refractivity contribution is 0.521. The van der Waals surface area contributed by atoms with Gasteiger partial charge in [0, 0.05) is 26.2 Å². The number of aryl methyl sites for hydroxylation is 1. The number of primary sulfonamides is 1. The number of nitrogens with two attached hydrogens (primary N) is 1. The fourth-order valence-electron chi connectivity index (χ4n) is 3.41. The molecule has 2 heterocycles. The third kappa shape index (κ3) is 3.84. The number of nitrogens with zero attached hydrogens (tertiary/aromatic N) is 3. The minimum Gasteiger partial charge on any atom is -0.453 e. The van der Waals surface area contributed by atoms with Gasteiger partial charge in [0.2, 0.25) is 20.0 Å². The lowest BCUT2D eigenvalue weighted by atomic mass is 10.2. The number of hydrogen-bond donors (Lipinski definition) is 1. The summed E-state index contributed by atoms with van der Waals surface area (Å²) in [4.78, 5) is 4.81. The van der Waals surface area contributed by atoms with Crippen LogP contribution < -0.4 is 5.14 Å².